The van der Waals surface area contributed by atoms with Gasteiger partial charge in [0.05, 0.1) is 0 Å². The zero-order valence-corrected chi connectivity index (χ0v) is 20.0. The van der Waals surface area contributed by atoms with Crippen molar-refractivity contribution in [3.05, 3.63) is 99.3 Å². The molecule has 27 heavy (non-hydrogen) atoms. The number of aryl methyl sites for hydroxylation is 2. The third-order valence-corrected chi connectivity index (χ3v) is 3.51. The van der Waals surface area contributed by atoms with E-state index in [1.54, 1.807) is 6.08 Å². The molecule has 0 amide bonds. The fraction of sp³-hybridized carbons (Fsp3) is 0.208. The summed E-state index contributed by atoms with van der Waals surface area (Å²) in [5.74, 6) is 0.759. The van der Waals surface area contributed by atoms with Crippen LogP contribution in [0, 0.1) is 34.8 Å². The second kappa shape index (κ2) is 15.2. The van der Waals surface area contributed by atoms with E-state index in [1.165, 1.54) is 11.1 Å². The van der Waals surface area contributed by atoms with Crippen LogP contribution >= 0.6 is 0 Å². The van der Waals surface area contributed by atoms with E-state index in [-0.39, 0.29) is 35.9 Å². The third-order valence-electron chi connectivity index (χ3n) is 3.51. The molecule has 2 rings (SSSR count). The van der Waals surface area contributed by atoms with Gasteiger partial charge < -0.3 is 19.8 Å². The van der Waals surface area contributed by atoms with Gasteiger partial charge in [-0.25, -0.2) is 0 Å². The maximum Gasteiger partial charge on any atom is 0.122 e. The van der Waals surface area contributed by atoms with Crippen LogP contribution in [0.1, 0.15) is 30.5 Å². The second-order valence-electron chi connectivity index (χ2n) is 5.25. The fourth-order valence-corrected chi connectivity index (χ4v) is 2.33. The van der Waals surface area contributed by atoms with Crippen molar-refractivity contribution in [3.63, 3.8) is 0 Å². The van der Waals surface area contributed by atoms with Gasteiger partial charge in [0.15, 0.2) is 0 Å². The Labute approximate surface area is 182 Å². The molecular weight excluding hydrogens is 511 g/mol. The summed E-state index contributed by atoms with van der Waals surface area (Å²) in [5, 5.41) is 0. The van der Waals surface area contributed by atoms with Gasteiger partial charge >= 0.3 is 0 Å². The van der Waals surface area contributed by atoms with Crippen molar-refractivity contribution in [2.45, 2.75) is 27.7 Å². The SMILES string of the molecule is C=CC(=NC(=C)c1[c-]cccc1)N(C)c1ccc(C)cc1C.CC.[CH3-].[CH3-].[Pt]. The molecule has 0 aliphatic heterocycles. The number of aliphatic imine (C=N–C) groups is 1. The zero-order chi connectivity index (χ0) is 18.1. The van der Waals surface area contributed by atoms with E-state index in [0.717, 1.165) is 17.1 Å². The number of likely N-dealkylation sites (N-methyl/N-ethyl adjacent to an activating group) is 1. The minimum absolute atomic E-state index is 0. The summed E-state index contributed by atoms with van der Waals surface area (Å²) < 4.78 is 0. The molecule has 0 aliphatic carbocycles. The predicted octanol–water partition coefficient (Wildman–Crippen LogP) is 6.72. The summed E-state index contributed by atoms with van der Waals surface area (Å²) in [6.45, 7) is 16.1. The molecule has 0 fully saturated rings. The Bertz CT molecular complexity index is 718. The Morgan fingerprint density at radius 1 is 1.11 bits per heavy atom. The monoisotopic (exact) mass is 544 g/mol. The van der Waals surface area contributed by atoms with Crippen molar-refractivity contribution in [2.75, 3.05) is 11.9 Å². The van der Waals surface area contributed by atoms with E-state index in [1.807, 2.05) is 50.1 Å². The average molecular weight is 545 g/mol. The summed E-state index contributed by atoms with van der Waals surface area (Å²) in [6.07, 6.45) is 1.74. The molecule has 0 spiro atoms. The van der Waals surface area contributed by atoms with Gasteiger partial charge in [0.25, 0.3) is 0 Å². The smallest absolute Gasteiger partial charge is 0.122 e. The standard InChI is InChI=1S/C20H21N2.C2H6.2CH3.Pt/c1-6-20(21-17(4)18-10-8-7-9-11-18)22(5)19-13-12-15(2)14-16(19)3;1-2;;;/h6-10,12-14H,1,4H2,2-3,5H3;1-2H3;2*1H3;/q-1;;2*-1;. The number of anilines is 1. The zero-order valence-electron chi connectivity index (χ0n) is 17.7. The van der Waals surface area contributed by atoms with E-state index in [4.69, 9.17) is 0 Å². The first-order valence-corrected chi connectivity index (χ1v) is 8.21. The van der Waals surface area contributed by atoms with Crippen LogP contribution < -0.4 is 4.90 Å². The van der Waals surface area contributed by atoms with Gasteiger partial charge in [0, 0.05) is 33.8 Å². The normalized spacial score (nSPS) is 9.30. The Kier molecular flexibility index (Phi) is 16.8. The number of rotatable bonds is 4. The molecule has 0 unspecified atom stereocenters. The predicted molar refractivity (Wildman–Crippen MR) is 120 cm³/mol. The van der Waals surface area contributed by atoms with Crippen LogP contribution in [0.3, 0.4) is 0 Å². The van der Waals surface area contributed by atoms with Gasteiger partial charge in [0.2, 0.25) is 0 Å². The topological polar surface area (TPSA) is 15.6 Å². The number of hydrogen-bond donors (Lipinski definition) is 0. The van der Waals surface area contributed by atoms with Crippen molar-refractivity contribution >= 4 is 17.2 Å². The average Bonchev–Trinajstić information content (AvgIpc) is 2.61. The molecule has 0 saturated carbocycles. The summed E-state index contributed by atoms with van der Waals surface area (Å²) in [5.41, 5.74) is 5.11. The van der Waals surface area contributed by atoms with Gasteiger partial charge in [0.1, 0.15) is 5.84 Å². The molecule has 0 heterocycles. The first-order valence-electron chi connectivity index (χ1n) is 8.21. The van der Waals surface area contributed by atoms with Crippen molar-refractivity contribution in [2.24, 2.45) is 4.99 Å². The first-order chi connectivity index (χ1) is 11.5. The fourth-order valence-electron chi connectivity index (χ4n) is 2.33. The van der Waals surface area contributed by atoms with Crippen LogP contribution in [0.4, 0.5) is 5.69 Å². The molecule has 0 aliphatic rings. The van der Waals surface area contributed by atoms with E-state index in [2.05, 4.69) is 56.3 Å². The van der Waals surface area contributed by atoms with E-state index >= 15 is 0 Å². The molecular formula is C24H33N2Pt-3. The van der Waals surface area contributed by atoms with Crippen LogP contribution in [0.25, 0.3) is 5.70 Å². The molecule has 2 aromatic carbocycles. The molecule has 0 N–H and O–H groups in total. The number of nitrogens with zero attached hydrogens (tertiary/aromatic N) is 2. The molecule has 2 nitrogen and oxygen atoms in total. The molecule has 0 atom stereocenters. The van der Waals surface area contributed by atoms with E-state index in [9.17, 15) is 0 Å². The van der Waals surface area contributed by atoms with Gasteiger partial charge in [-0.15, -0.1) is 42.5 Å². The quantitative estimate of drug-likeness (QED) is 0.237. The van der Waals surface area contributed by atoms with Gasteiger partial charge in [-0.2, -0.15) is 0 Å². The molecule has 0 radical (unpaired) electrons. The Hall–Kier alpha value is -1.92. The van der Waals surface area contributed by atoms with Crippen molar-refractivity contribution in [1.82, 2.24) is 0 Å². The Morgan fingerprint density at radius 3 is 2.22 bits per heavy atom. The summed E-state index contributed by atoms with van der Waals surface area (Å²) in [6, 6.07) is 17.2. The summed E-state index contributed by atoms with van der Waals surface area (Å²) in [7, 11) is 1.99. The van der Waals surface area contributed by atoms with Crippen LogP contribution in [-0.4, -0.2) is 12.9 Å². The summed E-state index contributed by atoms with van der Waals surface area (Å²) in [4.78, 5) is 6.63. The van der Waals surface area contributed by atoms with Crippen LogP contribution in [-0.2, 0) is 21.1 Å². The number of amidine groups is 1. The number of hydrogen-bond acceptors (Lipinski definition) is 1. The van der Waals surface area contributed by atoms with Gasteiger partial charge in [-0.1, -0.05) is 38.1 Å². The van der Waals surface area contributed by atoms with Gasteiger partial charge in [-0.3, -0.25) is 4.99 Å². The van der Waals surface area contributed by atoms with Crippen molar-refractivity contribution in [1.29, 1.82) is 0 Å². The Morgan fingerprint density at radius 2 is 1.74 bits per heavy atom. The van der Waals surface area contributed by atoms with E-state index < -0.39 is 0 Å². The molecule has 2 aromatic rings. The Balaban J connectivity index is -0.00000111. The summed E-state index contributed by atoms with van der Waals surface area (Å²) >= 11 is 0. The molecule has 0 bridgehead atoms. The van der Waals surface area contributed by atoms with Crippen molar-refractivity contribution in [3.8, 4) is 0 Å². The minimum atomic E-state index is 0. The van der Waals surface area contributed by atoms with Crippen LogP contribution in [0.5, 0.6) is 0 Å². The first kappa shape index (κ1) is 29.8. The van der Waals surface area contributed by atoms with Crippen LogP contribution in [0.2, 0.25) is 0 Å². The maximum absolute atomic E-state index is 4.60. The maximum atomic E-state index is 4.60. The van der Waals surface area contributed by atoms with E-state index in [0.29, 0.717) is 5.70 Å². The molecule has 0 aromatic heterocycles. The number of benzene rings is 2. The second-order valence-corrected chi connectivity index (χ2v) is 5.25. The molecule has 0 saturated heterocycles. The third kappa shape index (κ3) is 8.54. The largest absolute Gasteiger partial charge is 0.358 e. The minimum Gasteiger partial charge on any atom is -0.358 e. The molecule has 3 heteroatoms. The van der Waals surface area contributed by atoms with Crippen LogP contribution in [0.15, 0.2) is 66.7 Å². The van der Waals surface area contributed by atoms with Gasteiger partial charge in [-0.05, 0) is 37.3 Å². The van der Waals surface area contributed by atoms with Crippen molar-refractivity contribution < 1.29 is 21.1 Å². The molecule has 152 valence electrons.